The summed E-state index contributed by atoms with van der Waals surface area (Å²) in [7, 11) is -3.56. The molecule has 0 amide bonds. The number of ether oxygens (including phenoxy) is 1. The van der Waals surface area contributed by atoms with E-state index < -0.39 is 15.6 Å². The third-order valence-electron chi connectivity index (χ3n) is 3.00. The van der Waals surface area contributed by atoms with E-state index in [4.69, 9.17) is 4.74 Å². The molecule has 106 valence electrons. The molecule has 0 bridgehead atoms. The van der Waals surface area contributed by atoms with Crippen LogP contribution in [0, 0.1) is 0 Å². The van der Waals surface area contributed by atoms with Gasteiger partial charge in [0.1, 0.15) is 0 Å². The van der Waals surface area contributed by atoms with Crippen LogP contribution in [0.5, 0.6) is 0 Å². The first-order chi connectivity index (χ1) is 8.82. The molecule has 0 radical (unpaired) electrons. The summed E-state index contributed by atoms with van der Waals surface area (Å²) in [6.07, 6.45) is 1.64. The Labute approximate surface area is 130 Å². The van der Waals surface area contributed by atoms with E-state index in [1.165, 1.54) is 0 Å². The normalized spacial score (nSPS) is 24.4. The van der Waals surface area contributed by atoms with Gasteiger partial charge in [0.2, 0.25) is 10.0 Å². The summed E-state index contributed by atoms with van der Waals surface area (Å²) in [4.78, 5) is 0.238. The van der Waals surface area contributed by atoms with Crippen LogP contribution in [0.1, 0.15) is 19.8 Å². The molecule has 7 heteroatoms. The van der Waals surface area contributed by atoms with Crippen LogP contribution in [0.3, 0.4) is 0 Å². The SMILES string of the molecule is CC1(NS(=O)(=O)c2ccc(Br)cc2Br)CCCOC1. The fourth-order valence-electron chi connectivity index (χ4n) is 2.09. The molecule has 1 N–H and O–H groups in total. The molecule has 1 unspecified atom stereocenters. The zero-order chi connectivity index (χ0) is 14.1. The summed E-state index contributed by atoms with van der Waals surface area (Å²) in [5, 5.41) is 0. The van der Waals surface area contributed by atoms with Gasteiger partial charge in [0.05, 0.1) is 17.0 Å². The van der Waals surface area contributed by atoms with Crippen LogP contribution in [0.2, 0.25) is 0 Å². The van der Waals surface area contributed by atoms with Crippen molar-refractivity contribution < 1.29 is 13.2 Å². The molecule has 0 aromatic heterocycles. The maximum atomic E-state index is 12.4. The Bertz CT molecular complexity index is 568. The van der Waals surface area contributed by atoms with Crippen molar-refractivity contribution in [2.45, 2.75) is 30.2 Å². The summed E-state index contributed by atoms with van der Waals surface area (Å²) < 4.78 is 34.3. The number of hydrogen-bond acceptors (Lipinski definition) is 3. The number of halogens is 2. The minimum absolute atomic E-state index is 0.238. The number of sulfonamides is 1. The fourth-order valence-corrected chi connectivity index (χ4v) is 5.26. The lowest BCUT2D eigenvalue weighted by molar-refractivity contribution is 0.0386. The summed E-state index contributed by atoms with van der Waals surface area (Å²) >= 11 is 6.59. The van der Waals surface area contributed by atoms with E-state index in [-0.39, 0.29) is 4.90 Å². The van der Waals surface area contributed by atoms with Crippen molar-refractivity contribution in [1.82, 2.24) is 4.72 Å². The highest BCUT2D eigenvalue weighted by Crippen LogP contribution is 2.28. The Morgan fingerprint density at radius 2 is 2.11 bits per heavy atom. The van der Waals surface area contributed by atoms with Crippen LogP contribution < -0.4 is 4.72 Å². The molecule has 0 saturated carbocycles. The van der Waals surface area contributed by atoms with E-state index in [0.717, 1.165) is 17.3 Å². The van der Waals surface area contributed by atoms with Crippen molar-refractivity contribution in [1.29, 1.82) is 0 Å². The lowest BCUT2D eigenvalue weighted by atomic mass is 9.97. The predicted molar refractivity (Wildman–Crippen MR) is 80.6 cm³/mol. The molecule has 1 aliphatic rings. The van der Waals surface area contributed by atoms with Gasteiger partial charge in [-0.3, -0.25) is 0 Å². The first-order valence-corrected chi connectivity index (χ1v) is 8.96. The zero-order valence-corrected chi connectivity index (χ0v) is 14.4. The molecule has 1 saturated heterocycles. The second-order valence-electron chi connectivity index (χ2n) is 4.90. The van der Waals surface area contributed by atoms with E-state index in [9.17, 15) is 8.42 Å². The van der Waals surface area contributed by atoms with Crippen LogP contribution in [0.4, 0.5) is 0 Å². The topological polar surface area (TPSA) is 55.4 Å². The molecule has 2 rings (SSSR count). The minimum atomic E-state index is -3.56. The van der Waals surface area contributed by atoms with Gasteiger partial charge in [-0.2, -0.15) is 0 Å². The van der Waals surface area contributed by atoms with Gasteiger partial charge in [-0.05, 0) is 53.9 Å². The molecule has 1 aromatic rings. The lowest BCUT2D eigenvalue weighted by Gasteiger charge is -2.33. The first-order valence-electron chi connectivity index (χ1n) is 5.89. The number of rotatable bonds is 3. The van der Waals surface area contributed by atoms with Gasteiger partial charge in [0.15, 0.2) is 0 Å². The van der Waals surface area contributed by atoms with E-state index in [2.05, 4.69) is 36.6 Å². The third-order valence-corrected chi connectivity index (χ3v) is 6.11. The van der Waals surface area contributed by atoms with Gasteiger partial charge < -0.3 is 4.74 Å². The highest BCUT2D eigenvalue weighted by atomic mass is 79.9. The fraction of sp³-hybridized carbons (Fsp3) is 0.500. The highest BCUT2D eigenvalue weighted by Gasteiger charge is 2.33. The van der Waals surface area contributed by atoms with Gasteiger partial charge >= 0.3 is 0 Å². The van der Waals surface area contributed by atoms with E-state index in [0.29, 0.717) is 17.7 Å². The van der Waals surface area contributed by atoms with E-state index in [1.807, 2.05) is 6.92 Å². The number of hydrogen-bond donors (Lipinski definition) is 1. The quantitative estimate of drug-likeness (QED) is 0.829. The van der Waals surface area contributed by atoms with Crippen LogP contribution in [-0.2, 0) is 14.8 Å². The molecule has 1 fully saturated rings. The zero-order valence-electron chi connectivity index (χ0n) is 10.4. The van der Waals surface area contributed by atoms with Crippen molar-refractivity contribution in [2.75, 3.05) is 13.2 Å². The van der Waals surface area contributed by atoms with Crippen LogP contribution in [0.25, 0.3) is 0 Å². The average Bonchev–Trinajstić information content (AvgIpc) is 2.27. The van der Waals surface area contributed by atoms with Gasteiger partial charge in [-0.1, -0.05) is 15.9 Å². The Morgan fingerprint density at radius 1 is 1.37 bits per heavy atom. The molecule has 4 nitrogen and oxygen atoms in total. The van der Waals surface area contributed by atoms with Crippen molar-refractivity contribution in [2.24, 2.45) is 0 Å². The third kappa shape index (κ3) is 3.78. The Hall–Kier alpha value is 0.0500. The molecule has 1 aromatic carbocycles. The summed E-state index contributed by atoms with van der Waals surface area (Å²) in [5.74, 6) is 0. The maximum Gasteiger partial charge on any atom is 0.242 e. The van der Waals surface area contributed by atoms with Crippen LogP contribution in [-0.4, -0.2) is 27.2 Å². The Balaban J connectivity index is 2.27. The predicted octanol–water partition coefficient (Wildman–Crippen LogP) is 3.06. The second kappa shape index (κ2) is 5.81. The van der Waals surface area contributed by atoms with Gasteiger partial charge in [0.25, 0.3) is 0 Å². The lowest BCUT2D eigenvalue weighted by Crippen LogP contribution is -2.51. The van der Waals surface area contributed by atoms with Crippen molar-refractivity contribution in [3.63, 3.8) is 0 Å². The Morgan fingerprint density at radius 3 is 2.68 bits per heavy atom. The maximum absolute atomic E-state index is 12.4. The molecule has 1 heterocycles. The molecule has 1 atom stereocenters. The first kappa shape index (κ1) is 15.4. The molecular formula is C12H15Br2NO3S. The average molecular weight is 413 g/mol. The highest BCUT2D eigenvalue weighted by molar-refractivity contribution is 9.11. The summed E-state index contributed by atoms with van der Waals surface area (Å²) in [6, 6.07) is 5.00. The standard InChI is InChI=1S/C12H15Br2NO3S/c1-12(5-2-6-18-8-12)15-19(16,17)11-4-3-9(13)7-10(11)14/h3-4,7,15H,2,5-6,8H2,1H3. The molecule has 19 heavy (non-hydrogen) atoms. The van der Waals surface area contributed by atoms with Crippen molar-refractivity contribution in [3.8, 4) is 0 Å². The summed E-state index contributed by atoms with van der Waals surface area (Å²) in [5.41, 5.74) is -0.538. The van der Waals surface area contributed by atoms with E-state index in [1.54, 1.807) is 18.2 Å². The van der Waals surface area contributed by atoms with Gasteiger partial charge in [-0.25, -0.2) is 13.1 Å². The van der Waals surface area contributed by atoms with Gasteiger partial charge in [0, 0.05) is 15.6 Å². The smallest absolute Gasteiger partial charge is 0.242 e. The summed E-state index contributed by atoms with van der Waals surface area (Å²) in [6.45, 7) is 2.97. The molecule has 0 aliphatic carbocycles. The second-order valence-corrected chi connectivity index (χ2v) is 8.32. The van der Waals surface area contributed by atoms with Crippen LogP contribution in [0.15, 0.2) is 32.0 Å². The monoisotopic (exact) mass is 411 g/mol. The Kier molecular flexibility index (Phi) is 4.72. The van der Waals surface area contributed by atoms with Crippen LogP contribution >= 0.6 is 31.9 Å². The van der Waals surface area contributed by atoms with Crippen molar-refractivity contribution in [3.05, 3.63) is 27.1 Å². The van der Waals surface area contributed by atoms with Gasteiger partial charge in [-0.15, -0.1) is 0 Å². The molecule has 0 spiro atoms. The number of benzene rings is 1. The minimum Gasteiger partial charge on any atom is -0.380 e. The largest absolute Gasteiger partial charge is 0.380 e. The van der Waals surface area contributed by atoms with Crippen molar-refractivity contribution >= 4 is 41.9 Å². The molecular weight excluding hydrogens is 398 g/mol. The number of nitrogens with one attached hydrogen (secondary N) is 1. The molecule has 1 aliphatic heterocycles. The van der Waals surface area contributed by atoms with E-state index >= 15 is 0 Å².